The SMILES string of the molecule is N#CC12N=CN(N)C=C1N=CN2. The standard InChI is InChI=1S/C6H6N6/c7-2-6-5(9-3-10-6)1-12(8)4-11-6/h1,3-4H,8H2,(H,9,10). The molecule has 0 aliphatic carbocycles. The molecule has 6 heteroatoms. The van der Waals surface area contributed by atoms with Crippen LogP contribution in [0.4, 0.5) is 0 Å². The summed E-state index contributed by atoms with van der Waals surface area (Å²) in [5.41, 5.74) is -0.537. The first-order valence-electron chi connectivity index (χ1n) is 3.29. The zero-order valence-electron chi connectivity index (χ0n) is 6.10. The fourth-order valence-electron chi connectivity index (χ4n) is 1.04. The van der Waals surface area contributed by atoms with Gasteiger partial charge >= 0.3 is 0 Å². The Morgan fingerprint density at radius 3 is 3.33 bits per heavy atom. The zero-order chi connectivity index (χ0) is 8.60. The highest BCUT2D eigenvalue weighted by atomic mass is 15.4. The van der Waals surface area contributed by atoms with Gasteiger partial charge in [0, 0.05) is 6.20 Å². The zero-order valence-corrected chi connectivity index (χ0v) is 6.10. The lowest BCUT2D eigenvalue weighted by Gasteiger charge is -2.22. The van der Waals surface area contributed by atoms with Gasteiger partial charge in [0.05, 0.1) is 6.34 Å². The van der Waals surface area contributed by atoms with Gasteiger partial charge in [-0.25, -0.2) is 15.8 Å². The summed E-state index contributed by atoms with van der Waals surface area (Å²) in [6.07, 6.45) is 4.35. The van der Waals surface area contributed by atoms with E-state index in [-0.39, 0.29) is 0 Å². The largest absolute Gasteiger partial charge is 0.335 e. The molecule has 12 heavy (non-hydrogen) atoms. The second-order valence-corrected chi connectivity index (χ2v) is 2.43. The van der Waals surface area contributed by atoms with Crippen LogP contribution in [0.2, 0.25) is 0 Å². The minimum atomic E-state index is -1.05. The highest BCUT2D eigenvalue weighted by Crippen LogP contribution is 2.24. The summed E-state index contributed by atoms with van der Waals surface area (Å²) >= 11 is 0. The molecule has 2 aliphatic heterocycles. The number of nitrogens with zero attached hydrogens (tertiary/aromatic N) is 4. The van der Waals surface area contributed by atoms with Crippen molar-refractivity contribution in [3.8, 4) is 6.07 Å². The average Bonchev–Trinajstić information content (AvgIpc) is 2.48. The molecule has 60 valence electrons. The minimum Gasteiger partial charge on any atom is -0.335 e. The second-order valence-electron chi connectivity index (χ2n) is 2.43. The van der Waals surface area contributed by atoms with E-state index in [1.54, 1.807) is 6.20 Å². The van der Waals surface area contributed by atoms with Crippen molar-refractivity contribution in [3.63, 3.8) is 0 Å². The van der Waals surface area contributed by atoms with Crippen molar-refractivity contribution in [2.75, 3.05) is 0 Å². The van der Waals surface area contributed by atoms with E-state index in [0.29, 0.717) is 5.70 Å². The monoisotopic (exact) mass is 162 g/mol. The Labute approximate surface area is 68.7 Å². The lowest BCUT2D eigenvalue weighted by atomic mass is 10.1. The Morgan fingerprint density at radius 2 is 2.58 bits per heavy atom. The van der Waals surface area contributed by atoms with E-state index in [1.807, 2.05) is 6.07 Å². The molecule has 2 heterocycles. The quantitative estimate of drug-likeness (QED) is 0.442. The van der Waals surface area contributed by atoms with Crippen LogP contribution >= 0.6 is 0 Å². The molecule has 6 nitrogen and oxygen atoms in total. The summed E-state index contributed by atoms with van der Waals surface area (Å²) in [6, 6.07) is 2.02. The first-order chi connectivity index (χ1) is 5.77. The molecule has 0 spiro atoms. The van der Waals surface area contributed by atoms with Crippen LogP contribution in [0.15, 0.2) is 21.9 Å². The van der Waals surface area contributed by atoms with Crippen LogP contribution in [0.5, 0.6) is 0 Å². The molecule has 1 atom stereocenters. The Hall–Kier alpha value is -1.87. The highest BCUT2D eigenvalue weighted by molar-refractivity contribution is 5.71. The number of nitriles is 1. The van der Waals surface area contributed by atoms with Crippen LogP contribution in [0.3, 0.4) is 0 Å². The lowest BCUT2D eigenvalue weighted by Crippen LogP contribution is -2.43. The number of nitrogens with one attached hydrogen (secondary N) is 1. The van der Waals surface area contributed by atoms with Crippen molar-refractivity contribution < 1.29 is 0 Å². The molecule has 0 aromatic carbocycles. The third kappa shape index (κ3) is 0.710. The van der Waals surface area contributed by atoms with Crippen molar-refractivity contribution in [1.29, 1.82) is 5.26 Å². The molecule has 1 unspecified atom stereocenters. The van der Waals surface area contributed by atoms with Crippen LogP contribution in [-0.4, -0.2) is 23.3 Å². The van der Waals surface area contributed by atoms with Gasteiger partial charge in [-0.1, -0.05) is 0 Å². The summed E-state index contributed by atoms with van der Waals surface area (Å²) in [5.74, 6) is 5.40. The Morgan fingerprint density at radius 1 is 1.75 bits per heavy atom. The Kier molecular flexibility index (Phi) is 1.17. The van der Waals surface area contributed by atoms with Gasteiger partial charge in [0.15, 0.2) is 0 Å². The van der Waals surface area contributed by atoms with E-state index in [9.17, 15) is 0 Å². The molecular weight excluding hydrogens is 156 g/mol. The van der Waals surface area contributed by atoms with Gasteiger partial charge in [-0.05, 0) is 0 Å². The first-order valence-corrected chi connectivity index (χ1v) is 3.29. The summed E-state index contributed by atoms with van der Waals surface area (Å²) in [7, 11) is 0. The molecule has 2 rings (SSSR count). The molecule has 0 saturated carbocycles. The Bertz CT molecular complexity index is 334. The van der Waals surface area contributed by atoms with Crippen molar-refractivity contribution in [1.82, 2.24) is 10.3 Å². The third-order valence-corrected chi connectivity index (χ3v) is 1.67. The van der Waals surface area contributed by atoms with Crippen molar-refractivity contribution in [2.45, 2.75) is 5.66 Å². The van der Waals surface area contributed by atoms with Gasteiger partial charge in [0.2, 0.25) is 0 Å². The number of hydrogen-bond donors (Lipinski definition) is 2. The van der Waals surface area contributed by atoms with Crippen LogP contribution in [0.1, 0.15) is 0 Å². The van der Waals surface area contributed by atoms with Crippen LogP contribution < -0.4 is 11.2 Å². The van der Waals surface area contributed by atoms with Crippen LogP contribution in [0.25, 0.3) is 0 Å². The number of aliphatic imine (C=N–C) groups is 2. The molecule has 2 aliphatic rings. The first kappa shape index (κ1) is 6.82. The maximum absolute atomic E-state index is 8.83. The Balaban J connectivity index is 2.45. The molecule has 0 bridgehead atoms. The van der Waals surface area contributed by atoms with E-state index in [0.717, 1.165) is 0 Å². The van der Waals surface area contributed by atoms with Crippen LogP contribution in [0, 0.1) is 11.3 Å². The maximum atomic E-state index is 8.83. The number of nitrogens with two attached hydrogens (primary N) is 1. The van der Waals surface area contributed by atoms with E-state index in [4.69, 9.17) is 11.1 Å². The topological polar surface area (TPSA) is 89.8 Å². The van der Waals surface area contributed by atoms with E-state index in [1.165, 1.54) is 17.7 Å². The summed E-state index contributed by atoms with van der Waals surface area (Å²) in [5, 5.41) is 12.8. The summed E-state index contributed by atoms with van der Waals surface area (Å²) < 4.78 is 0. The van der Waals surface area contributed by atoms with Crippen LogP contribution in [-0.2, 0) is 0 Å². The predicted molar refractivity (Wildman–Crippen MR) is 42.6 cm³/mol. The maximum Gasteiger partial charge on any atom is 0.265 e. The average molecular weight is 162 g/mol. The lowest BCUT2D eigenvalue weighted by molar-refractivity contribution is 0.522. The van der Waals surface area contributed by atoms with E-state index in [2.05, 4.69) is 15.3 Å². The normalized spacial score (nSPS) is 30.7. The van der Waals surface area contributed by atoms with Gasteiger partial charge in [-0.3, -0.25) is 5.01 Å². The fraction of sp³-hybridized carbons (Fsp3) is 0.167. The number of hydrogen-bond acceptors (Lipinski definition) is 6. The van der Waals surface area contributed by atoms with E-state index < -0.39 is 5.66 Å². The number of rotatable bonds is 0. The fourth-order valence-corrected chi connectivity index (χ4v) is 1.04. The van der Waals surface area contributed by atoms with Crippen molar-refractivity contribution >= 4 is 12.7 Å². The van der Waals surface area contributed by atoms with Gasteiger partial charge in [-0.2, -0.15) is 5.26 Å². The smallest absolute Gasteiger partial charge is 0.265 e. The summed E-state index contributed by atoms with van der Waals surface area (Å²) in [4.78, 5) is 7.85. The molecular formula is C6H6N6. The second kappa shape index (κ2) is 2.06. The van der Waals surface area contributed by atoms with Gasteiger partial charge in [-0.15, -0.1) is 0 Å². The molecule has 0 aromatic heterocycles. The minimum absolute atomic E-state index is 0.509. The highest BCUT2D eigenvalue weighted by Gasteiger charge is 2.38. The molecule has 0 saturated heterocycles. The van der Waals surface area contributed by atoms with Crippen molar-refractivity contribution in [2.24, 2.45) is 15.8 Å². The number of fused-ring (bicyclic) bond motifs is 1. The predicted octanol–water partition coefficient (Wildman–Crippen LogP) is -1.10. The summed E-state index contributed by atoms with van der Waals surface area (Å²) in [6.45, 7) is 0. The molecule has 0 fully saturated rings. The molecule has 0 aromatic rings. The third-order valence-electron chi connectivity index (χ3n) is 1.67. The van der Waals surface area contributed by atoms with Gasteiger partial charge < -0.3 is 5.32 Å². The van der Waals surface area contributed by atoms with Gasteiger partial charge in [0.25, 0.3) is 5.66 Å². The number of hydrazine groups is 1. The molecule has 0 radical (unpaired) electrons. The molecule has 0 amide bonds. The van der Waals surface area contributed by atoms with E-state index >= 15 is 0 Å². The molecule has 3 N–H and O–H groups in total. The van der Waals surface area contributed by atoms with Gasteiger partial charge in [0.1, 0.15) is 18.1 Å². The van der Waals surface area contributed by atoms with Crippen molar-refractivity contribution in [3.05, 3.63) is 11.9 Å².